The van der Waals surface area contributed by atoms with Gasteiger partial charge in [-0.1, -0.05) is 102 Å². The normalized spacial score (nSPS) is 31.7. The van der Waals surface area contributed by atoms with Gasteiger partial charge in [0.1, 0.15) is 0 Å². The zero-order valence-corrected chi connectivity index (χ0v) is 27.4. The SMILES string of the molecule is CC(C)(C)C1CC(CSCCSCC2CC(C(C)(C)C)CC(c3ccccc3)C2O)C(O)C(c2ccccc2)C1. The van der Waals surface area contributed by atoms with Crippen LogP contribution in [0.2, 0.25) is 0 Å². The lowest BCUT2D eigenvalue weighted by Crippen LogP contribution is -2.41. The first-order valence-electron chi connectivity index (χ1n) is 15.6. The molecule has 2 N–H and O–H groups in total. The molecular weight excluding hydrogens is 529 g/mol. The lowest BCUT2D eigenvalue weighted by Gasteiger charge is -2.45. The van der Waals surface area contributed by atoms with Gasteiger partial charge in [-0.25, -0.2) is 0 Å². The second-order valence-corrected chi connectivity index (χ2v) is 17.1. The summed E-state index contributed by atoms with van der Waals surface area (Å²) in [5.41, 5.74) is 3.11. The van der Waals surface area contributed by atoms with Gasteiger partial charge >= 0.3 is 0 Å². The molecule has 0 bridgehead atoms. The largest absolute Gasteiger partial charge is 0.392 e. The van der Waals surface area contributed by atoms with Crippen LogP contribution >= 0.6 is 23.5 Å². The highest BCUT2D eigenvalue weighted by Crippen LogP contribution is 2.48. The molecule has 0 aromatic heterocycles. The highest BCUT2D eigenvalue weighted by Gasteiger charge is 2.42. The minimum absolute atomic E-state index is 0.236. The van der Waals surface area contributed by atoms with E-state index >= 15 is 0 Å². The highest BCUT2D eigenvalue weighted by molar-refractivity contribution is 8.02. The molecular formula is C36H54O2S2. The first-order chi connectivity index (χ1) is 18.9. The van der Waals surface area contributed by atoms with Crippen LogP contribution in [0.5, 0.6) is 0 Å². The number of hydrogen-bond acceptors (Lipinski definition) is 4. The van der Waals surface area contributed by atoms with E-state index in [4.69, 9.17) is 0 Å². The van der Waals surface area contributed by atoms with Crippen molar-refractivity contribution in [3.63, 3.8) is 0 Å². The molecule has 8 atom stereocenters. The van der Waals surface area contributed by atoms with Gasteiger partial charge in [-0.2, -0.15) is 23.5 Å². The van der Waals surface area contributed by atoms with E-state index in [0.717, 1.165) is 48.7 Å². The molecule has 2 aromatic rings. The molecule has 0 saturated heterocycles. The van der Waals surface area contributed by atoms with Gasteiger partial charge in [0.15, 0.2) is 0 Å². The van der Waals surface area contributed by atoms with Crippen molar-refractivity contribution in [1.29, 1.82) is 0 Å². The summed E-state index contributed by atoms with van der Waals surface area (Å²) >= 11 is 4.04. The Bertz CT molecular complexity index is 929. The highest BCUT2D eigenvalue weighted by atomic mass is 32.2. The molecule has 0 heterocycles. The topological polar surface area (TPSA) is 40.5 Å². The summed E-state index contributed by atoms with van der Waals surface area (Å²) in [5, 5.41) is 22.9. The number of benzene rings is 2. The van der Waals surface area contributed by atoms with E-state index in [0.29, 0.717) is 23.7 Å². The second-order valence-electron chi connectivity index (χ2n) is 14.8. The molecule has 2 saturated carbocycles. The van der Waals surface area contributed by atoms with E-state index in [1.807, 2.05) is 23.5 Å². The van der Waals surface area contributed by atoms with Crippen molar-refractivity contribution in [2.75, 3.05) is 23.0 Å². The molecule has 2 nitrogen and oxygen atoms in total. The van der Waals surface area contributed by atoms with Gasteiger partial charge in [0, 0.05) is 23.3 Å². The third-order valence-corrected chi connectivity index (χ3v) is 12.6. The molecule has 4 rings (SSSR count). The number of hydrogen-bond donors (Lipinski definition) is 2. The molecule has 2 aliphatic rings. The van der Waals surface area contributed by atoms with E-state index in [1.54, 1.807) is 0 Å². The molecule has 2 fully saturated rings. The van der Waals surface area contributed by atoms with Crippen molar-refractivity contribution in [3.05, 3.63) is 71.8 Å². The summed E-state index contributed by atoms with van der Waals surface area (Å²) in [4.78, 5) is 0. The summed E-state index contributed by atoms with van der Waals surface area (Å²) in [6.07, 6.45) is 3.88. The fraction of sp³-hybridized carbons (Fsp3) is 0.667. The summed E-state index contributed by atoms with van der Waals surface area (Å²) in [6.45, 7) is 14.2. The average Bonchev–Trinajstić information content (AvgIpc) is 2.92. The zero-order valence-electron chi connectivity index (χ0n) is 25.8. The van der Waals surface area contributed by atoms with Crippen LogP contribution in [0.4, 0.5) is 0 Å². The lowest BCUT2D eigenvalue weighted by atomic mass is 9.63. The van der Waals surface area contributed by atoms with E-state index in [2.05, 4.69) is 102 Å². The smallest absolute Gasteiger partial charge is 0.0644 e. The third-order valence-electron chi connectivity index (χ3n) is 9.98. The molecule has 2 aromatic carbocycles. The van der Waals surface area contributed by atoms with Gasteiger partial charge in [-0.3, -0.25) is 0 Å². The molecule has 4 heteroatoms. The molecule has 8 unspecified atom stereocenters. The van der Waals surface area contributed by atoms with Crippen molar-refractivity contribution in [3.8, 4) is 0 Å². The number of rotatable bonds is 9. The monoisotopic (exact) mass is 582 g/mol. The minimum atomic E-state index is -0.261. The van der Waals surface area contributed by atoms with E-state index in [1.165, 1.54) is 11.1 Å². The zero-order chi connectivity index (χ0) is 28.9. The number of thioether (sulfide) groups is 2. The van der Waals surface area contributed by atoms with Crippen LogP contribution in [0.1, 0.15) is 90.2 Å². The van der Waals surface area contributed by atoms with Crippen molar-refractivity contribution in [2.45, 2.75) is 91.3 Å². The predicted octanol–water partition coefficient (Wildman–Crippen LogP) is 8.89. The maximum absolute atomic E-state index is 11.4. The molecule has 0 aliphatic heterocycles. The van der Waals surface area contributed by atoms with Crippen LogP contribution in [0.3, 0.4) is 0 Å². The molecule has 222 valence electrons. The Labute approximate surface area is 253 Å². The quantitative estimate of drug-likeness (QED) is 0.290. The van der Waals surface area contributed by atoms with E-state index in [-0.39, 0.29) is 34.9 Å². The van der Waals surface area contributed by atoms with Gasteiger partial charge in [0.2, 0.25) is 0 Å². The standard InChI is InChI=1S/C36H54O2S2/c1-35(2,3)29-19-27(33(37)31(21-29)25-13-9-7-10-14-25)23-39-17-18-40-24-28-20-30(36(4,5)6)22-32(34(28)38)26-15-11-8-12-16-26/h7-16,27-34,37-38H,17-24H2,1-6H3. The van der Waals surface area contributed by atoms with Crippen LogP contribution in [0.15, 0.2) is 60.7 Å². The fourth-order valence-electron chi connectivity index (χ4n) is 7.15. The van der Waals surface area contributed by atoms with E-state index < -0.39 is 0 Å². The van der Waals surface area contributed by atoms with Crippen LogP contribution in [0, 0.1) is 34.5 Å². The minimum Gasteiger partial charge on any atom is -0.392 e. The fourth-order valence-corrected chi connectivity index (χ4v) is 9.70. The van der Waals surface area contributed by atoms with Crippen molar-refractivity contribution in [2.24, 2.45) is 34.5 Å². The van der Waals surface area contributed by atoms with E-state index in [9.17, 15) is 10.2 Å². The maximum atomic E-state index is 11.4. The van der Waals surface area contributed by atoms with Gasteiger partial charge in [0.25, 0.3) is 0 Å². The van der Waals surface area contributed by atoms with Crippen LogP contribution in [-0.2, 0) is 0 Å². The first kappa shape index (κ1) is 32.0. The Balaban J connectivity index is 1.29. The van der Waals surface area contributed by atoms with Crippen LogP contribution in [0.25, 0.3) is 0 Å². The molecule has 2 aliphatic carbocycles. The Morgan fingerprint density at radius 2 is 0.925 bits per heavy atom. The van der Waals surface area contributed by atoms with Crippen LogP contribution in [-0.4, -0.2) is 45.4 Å². The predicted molar refractivity (Wildman–Crippen MR) is 176 cm³/mol. The van der Waals surface area contributed by atoms with Gasteiger partial charge < -0.3 is 10.2 Å². The number of aliphatic hydroxyl groups is 2. The summed E-state index contributed by atoms with van der Waals surface area (Å²) < 4.78 is 0. The Morgan fingerprint density at radius 3 is 1.25 bits per heavy atom. The maximum Gasteiger partial charge on any atom is 0.0644 e. The molecule has 0 spiro atoms. The summed E-state index contributed by atoms with van der Waals surface area (Å²) in [5.74, 6) is 6.70. The Hall–Kier alpha value is -0.940. The Kier molecular flexibility index (Phi) is 11.2. The van der Waals surface area contributed by atoms with Gasteiger partial charge in [-0.15, -0.1) is 0 Å². The lowest BCUT2D eigenvalue weighted by molar-refractivity contribution is 0.00968. The Morgan fingerprint density at radius 1 is 0.575 bits per heavy atom. The molecule has 40 heavy (non-hydrogen) atoms. The third kappa shape index (κ3) is 8.33. The first-order valence-corrected chi connectivity index (χ1v) is 17.9. The van der Waals surface area contributed by atoms with Crippen molar-refractivity contribution >= 4 is 23.5 Å². The average molecular weight is 583 g/mol. The van der Waals surface area contributed by atoms with Crippen molar-refractivity contribution in [1.82, 2.24) is 0 Å². The molecule has 0 amide bonds. The summed E-state index contributed by atoms with van der Waals surface area (Å²) in [7, 11) is 0. The van der Waals surface area contributed by atoms with Crippen molar-refractivity contribution < 1.29 is 10.2 Å². The second kappa shape index (κ2) is 14.0. The molecule has 0 radical (unpaired) electrons. The number of aliphatic hydroxyl groups excluding tert-OH is 2. The van der Waals surface area contributed by atoms with Gasteiger partial charge in [-0.05, 0) is 82.8 Å². The summed E-state index contributed by atoms with van der Waals surface area (Å²) in [6, 6.07) is 21.4. The van der Waals surface area contributed by atoms with Crippen LogP contribution < -0.4 is 0 Å². The van der Waals surface area contributed by atoms with Gasteiger partial charge in [0.05, 0.1) is 12.2 Å².